The number of carboxylic acids is 1. The number of nitrogens with one attached hydrogen (secondary N) is 1. The minimum absolute atomic E-state index is 0.215. The Hall–Kier alpha value is -0.660. The zero-order valence-electron chi connectivity index (χ0n) is 11.9. The highest BCUT2D eigenvalue weighted by atomic mass is 79.9. The van der Waals surface area contributed by atoms with E-state index in [1.165, 1.54) is 19.1 Å². The van der Waals surface area contributed by atoms with Gasteiger partial charge < -0.3 is 14.8 Å². The minimum atomic E-state index is -0.943. The lowest BCUT2D eigenvalue weighted by Crippen LogP contribution is -2.14. The molecule has 1 aliphatic rings. The molecule has 0 amide bonds. The van der Waals surface area contributed by atoms with Gasteiger partial charge in [-0.3, -0.25) is 0 Å². The van der Waals surface area contributed by atoms with Crippen molar-refractivity contribution >= 4 is 57.7 Å². The smallest absolute Gasteiger partial charge is 0.338 e. The number of benzene rings is 1. The van der Waals surface area contributed by atoms with E-state index < -0.39 is 5.97 Å². The summed E-state index contributed by atoms with van der Waals surface area (Å²) in [6.07, 6.45) is 3.70. The SMILES string of the molecule is O=C(O)c1coc(CNC2CC2)c1.Sc1c(Cl)cc(Br)cc1Cl. The van der Waals surface area contributed by atoms with Crippen LogP contribution in [0, 0.1) is 0 Å². The second-order valence-electron chi connectivity index (χ2n) is 4.98. The maximum Gasteiger partial charge on any atom is 0.338 e. The van der Waals surface area contributed by atoms with Crippen LogP contribution >= 0.6 is 51.8 Å². The van der Waals surface area contributed by atoms with Crippen molar-refractivity contribution in [3.05, 3.63) is 50.3 Å². The Labute approximate surface area is 157 Å². The lowest BCUT2D eigenvalue weighted by molar-refractivity contribution is 0.0696. The number of aromatic carboxylic acids is 1. The fourth-order valence-corrected chi connectivity index (χ4v) is 2.99. The van der Waals surface area contributed by atoms with Crippen molar-refractivity contribution in [2.45, 2.75) is 30.3 Å². The summed E-state index contributed by atoms with van der Waals surface area (Å²) in [6.45, 7) is 0.623. The van der Waals surface area contributed by atoms with Crippen LogP contribution in [0.25, 0.3) is 0 Å². The van der Waals surface area contributed by atoms with Crippen molar-refractivity contribution < 1.29 is 14.3 Å². The molecular weight excluding hydrogens is 425 g/mol. The van der Waals surface area contributed by atoms with Crippen LogP contribution in [0.5, 0.6) is 0 Å². The highest BCUT2D eigenvalue weighted by Crippen LogP contribution is 2.31. The van der Waals surface area contributed by atoms with Gasteiger partial charge in [-0.1, -0.05) is 39.1 Å². The first-order chi connectivity index (χ1) is 10.9. The Morgan fingerprint density at radius 1 is 1.35 bits per heavy atom. The molecule has 23 heavy (non-hydrogen) atoms. The first kappa shape index (κ1) is 18.7. The van der Waals surface area contributed by atoms with E-state index >= 15 is 0 Å². The van der Waals surface area contributed by atoms with Gasteiger partial charge in [0, 0.05) is 15.4 Å². The molecule has 1 fully saturated rings. The van der Waals surface area contributed by atoms with Crippen molar-refractivity contribution in [3.8, 4) is 0 Å². The lowest BCUT2D eigenvalue weighted by atomic mass is 10.3. The van der Waals surface area contributed by atoms with Gasteiger partial charge in [-0.25, -0.2) is 4.79 Å². The van der Waals surface area contributed by atoms with Crippen LogP contribution in [0.4, 0.5) is 0 Å². The molecule has 1 heterocycles. The summed E-state index contributed by atoms with van der Waals surface area (Å²) in [5, 5.41) is 13.0. The fraction of sp³-hybridized carbons (Fsp3) is 0.267. The molecule has 4 nitrogen and oxygen atoms in total. The Bertz CT molecular complexity index is 681. The van der Waals surface area contributed by atoms with E-state index in [0.717, 1.165) is 4.47 Å². The highest BCUT2D eigenvalue weighted by molar-refractivity contribution is 9.10. The van der Waals surface area contributed by atoms with Gasteiger partial charge in [-0.2, -0.15) is 0 Å². The number of rotatable bonds is 4. The number of carboxylic acid groups (broad SMARTS) is 1. The van der Waals surface area contributed by atoms with Crippen molar-refractivity contribution in [3.63, 3.8) is 0 Å². The van der Waals surface area contributed by atoms with E-state index in [4.69, 9.17) is 32.7 Å². The highest BCUT2D eigenvalue weighted by Gasteiger charge is 2.20. The molecule has 0 atom stereocenters. The average Bonchev–Trinajstić information content (AvgIpc) is 3.19. The molecule has 3 rings (SSSR count). The third-order valence-electron chi connectivity index (χ3n) is 3.02. The van der Waals surface area contributed by atoms with E-state index in [2.05, 4.69) is 33.9 Å². The van der Waals surface area contributed by atoms with Gasteiger partial charge in [0.15, 0.2) is 0 Å². The van der Waals surface area contributed by atoms with Crippen LogP contribution < -0.4 is 5.32 Å². The van der Waals surface area contributed by atoms with Crippen LogP contribution in [0.15, 0.2) is 38.2 Å². The van der Waals surface area contributed by atoms with Crippen LogP contribution in [0.1, 0.15) is 29.0 Å². The molecule has 0 bridgehead atoms. The summed E-state index contributed by atoms with van der Waals surface area (Å²) < 4.78 is 5.92. The van der Waals surface area contributed by atoms with E-state index in [-0.39, 0.29) is 5.56 Å². The topological polar surface area (TPSA) is 62.5 Å². The molecule has 1 saturated carbocycles. The standard InChI is InChI=1S/C9H11NO3.C6H3BrCl2S/c11-9(12)6-3-8(13-5-6)4-10-7-1-2-7;7-3-1-4(8)6(10)5(9)2-3/h3,5,7,10H,1-2,4H2,(H,11,12);1-2,10H. The molecule has 0 unspecified atom stereocenters. The summed E-state index contributed by atoms with van der Waals surface area (Å²) >= 11 is 18.8. The summed E-state index contributed by atoms with van der Waals surface area (Å²) in [6, 6.07) is 5.65. The molecule has 0 saturated heterocycles. The molecule has 1 aromatic carbocycles. The Kier molecular flexibility index (Phi) is 6.85. The fourth-order valence-electron chi connectivity index (χ4n) is 1.65. The van der Waals surface area contributed by atoms with Gasteiger partial charge >= 0.3 is 5.97 Å². The zero-order chi connectivity index (χ0) is 17.0. The largest absolute Gasteiger partial charge is 0.478 e. The molecule has 0 spiro atoms. The maximum atomic E-state index is 10.5. The first-order valence-electron chi connectivity index (χ1n) is 6.74. The third kappa shape index (κ3) is 6.04. The third-order valence-corrected chi connectivity index (χ3v) is 4.82. The number of hydrogen-bond donors (Lipinski definition) is 3. The van der Waals surface area contributed by atoms with Gasteiger partial charge in [-0.15, -0.1) is 12.6 Å². The van der Waals surface area contributed by atoms with Crippen LogP contribution in [0.2, 0.25) is 10.0 Å². The summed E-state index contributed by atoms with van der Waals surface area (Å²) in [7, 11) is 0. The average molecular weight is 439 g/mol. The predicted molar refractivity (Wildman–Crippen MR) is 96.9 cm³/mol. The van der Waals surface area contributed by atoms with Gasteiger partial charge in [0.2, 0.25) is 0 Å². The Morgan fingerprint density at radius 3 is 2.43 bits per heavy atom. The van der Waals surface area contributed by atoms with Gasteiger partial charge in [-0.05, 0) is 31.0 Å². The second-order valence-corrected chi connectivity index (χ2v) is 7.16. The van der Waals surface area contributed by atoms with Crippen LogP contribution in [-0.4, -0.2) is 17.1 Å². The number of hydrogen-bond acceptors (Lipinski definition) is 4. The summed E-state index contributed by atoms with van der Waals surface area (Å²) in [4.78, 5) is 11.1. The summed E-state index contributed by atoms with van der Waals surface area (Å²) in [5.41, 5.74) is 0.215. The molecule has 2 aromatic rings. The molecule has 1 aliphatic carbocycles. The van der Waals surface area contributed by atoms with Crippen molar-refractivity contribution in [2.75, 3.05) is 0 Å². The Balaban J connectivity index is 0.000000174. The summed E-state index contributed by atoms with van der Waals surface area (Å²) in [5.74, 6) is -0.259. The van der Waals surface area contributed by atoms with E-state index in [1.54, 1.807) is 18.2 Å². The zero-order valence-corrected chi connectivity index (χ0v) is 15.8. The van der Waals surface area contributed by atoms with Crippen molar-refractivity contribution in [1.29, 1.82) is 0 Å². The minimum Gasteiger partial charge on any atom is -0.478 e. The van der Waals surface area contributed by atoms with E-state index in [9.17, 15) is 4.79 Å². The van der Waals surface area contributed by atoms with Crippen molar-refractivity contribution in [1.82, 2.24) is 5.32 Å². The maximum absolute atomic E-state index is 10.5. The molecule has 0 radical (unpaired) electrons. The van der Waals surface area contributed by atoms with E-state index in [0.29, 0.717) is 33.3 Å². The molecule has 2 N–H and O–H groups in total. The van der Waals surface area contributed by atoms with E-state index in [1.807, 2.05) is 0 Å². The molecule has 0 aliphatic heterocycles. The molecular formula is C15H14BrCl2NO3S. The predicted octanol–water partition coefficient (Wildman–Crippen LogP) is 5.27. The quantitative estimate of drug-likeness (QED) is 0.568. The normalized spacial score (nSPS) is 13.4. The Morgan fingerprint density at radius 2 is 1.96 bits per heavy atom. The number of thiol groups is 1. The van der Waals surface area contributed by atoms with Gasteiger partial charge in [0.05, 0.1) is 22.2 Å². The molecule has 124 valence electrons. The van der Waals surface area contributed by atoms with Crippen LogP contribution in [0.3, 0.4) is 0 Å². The molecule has 1 aromatic heterocycles. The van der Waals surface area contributed by atoms with Gasteiger partial charge in [0.25, 0.3) is 0 Å². The number of halogens is 3. The monoisotopic (exact) mass is 437 g/mol. The van der Waals surface area contributed by atoms with Crippen LogP contribution in [-0.2, 0) is 6.54 Å². The van der Waals surface area contributed by atoms with Crippen molar-refractivity contribution in [2.24, 2.45) is 0 Å². The number of furan rings is 1. The lowest BCUT2D eigenvalue weighted by Gasteiger charge is -1.99. The van der Waals surface area contributed by atoms with Gasteiger partial charge in [0.1, 0.15) is 12.0 Å². The number of carbonyl (C=O) groups is 1. The first-order valence-corrected chi connectivity index (χ1v) is 8.74. The molecule has 8 heteroatoms. The second kappa shape index (κ2) is 8.44.